The second-order valence-corrected chi connectivity index (χ2v) is 5.92. The van der Waals surface area contributed by atoms with Crippen LogP contribution in [0.15, 0.2) is 30.5 Å². The van der Waals surface area contributed by atoms with Crippen molar-refractivity contribution in [3.63, 3.8) is 0 Å². The van der Waals surface area contributed by atoms with Gasteiger partial charge in [-0.2, -0.15) is 5.10 Å². The van der Waals surface area contributed by atoms with Gasteiger partial charge in [0, 0.05) is 0 Å². The molecule has 1 atom stereocenters. The number of carbonyl (C=O) groups excluding carboxylic acids is 1. The van der Waals surface area contributed by atoms with E-state index in [2.05, 4.69) is 10.4 Å². The molecule has 0 bridgehead atoms. The molecule has 0 saturated carbocycles. The van der Waals surface area contributed by atoms with Gasteiger partial charge >= 0.3 is 5.97 Å². The van der Waals surface area contributed by atoms with Crippen molar-refractivity contribution in [2.24, 2.45) is 0 Å². The van der Waals surface area contributed by atoms with E-state index in [0.29, 0.717) is 28.4 Å². The Morgan fingerprint density at radius 3 is 2.71 bits per heavy atom. The first-order valence-corrected chi connectivity index (χ1v) is 8.16. The van der Waals surface area contributed by atoms with Gasteiger partial charge in [0.15, 0.2) is 0 Å². The summed E-state index contributed by atoms with van der Waals surface area (Å²) < 4.78 is 1.57. The van der Waals surface area contributed by atoms with Crippen molar-refractivity contribution in [1.82, 2.24) is 15.1 Å². The number of amides is 1. The first-order valence-electron chi connectivity index (χ1n) is 7.78. The van der Waals surface area contributed by atoms with Crippen LogP contribution >= 0.6 is 11.6 Å². The number of benzene rings is 1. The lowest BCUT2D eigenvalue weighted by atomic mass is 10.1. The quantitative estimate of drug-likeness (QED) is 0.803. The van der Waals surface area contributed by atoms with Crippen molar-refractivity contribution < 1.29 is 14.7 Å². The van der Waals surface area contributed by atoms with E-state index in [1.54, 1.807) is 23.7 Å². The Hall–Kier alpha value is -2.34. The zero-order valence-corrected chi connectivity index (χ0v) is 14.4. The normalized spacial score (nSPS) is 12.0. The third-order valence-electron chi connectivity index (χ3n) is 3.78. The standard InChI is InChI=1S/C17H20ClN3O3/c1-3-4-8-14(17(23)24)20-16(22)12-10-19-21(11(12)2)15-9-6-5-7-13(15)18/h5-7,9-10,14H,3-4,8H2,1-2H3,(H,20,22)(H,23,24). The van der Waals surface area contributed by atoms with Crippen LogP contribution in [-0.4, -0.2) is 32.8 Å². The second-order valence-electron chi connectivity index (χ2n) is 5.51. The van der Waals surface area contributed by atoms with Crippen LogP contribution in [0, 0.1) is 6.92 Å². The smallest absolute Gasteiger partial charge is 0.326 e. The molecule has 2 rings (SSSR count). The monoisotopic (exact) mass is 349 g/mol. The molecular weight excluding hydrogens is 330 g/mol. The first-order chi connectivity index (χ1) is 11.5. The van der Waals surface area contributed by atoms with E-state index in [1.807, 2.05) is 19.1 Å². The third-order valence-corrected chi connectivity index (χ3v) is 4.10. The Labute approximate surface area is 145 Å². The molecule has 1 heterocycles. The molecule has 0 radical (unpaired) electrons. The summed E-state index contributed by atoms with van der Waals surface area (Å²) in [4.78, 5) is 23.7. The number of hydrogen-bond donors (Lipinski definition) is 2. The molecule has 1 aromatic heterocycles. The number of aromatic nitrogens is 2. The number of nitrogens with one attached hydrogen (secondary N) is 1. The molecule has 0 saturated heterocycles. The minimum Gasteiger partial charge on any atom is -0.480 e. The fourth-order valence-electron chi connectivity index (χ4n) is 2.40. The summed E-state index contributed by atoms with van der Waals surface area (Å²) in [5.41, 5.74) is 1.59. The maximum absolute atomic E-state index is 12.4. The van der Waals surface area contributed by atoms with Crippen LogP contribution in [0.25, 0.3) is 5.69 Å². The maximum atomic E-state index is 12.4. The highest BCUT2D eigenvalue weighted by atomic mass is 35.5. The topological polar surface area (TPSA) is 84.2 Å². The molecule has 1 unspecified atom stereocenters. The number of carbonyl (C=O) groups is 2. The molecule has 0 aliphatic heterocycles. The largest absolute Gasteiger partial charge is 0.480 e. The molecule has 0 spiro atoms. The van der Waals surface area contributed by atoms with Gasteiger partial charge in [-0.05, 0) is 25.5 Å². The number of aliphatic carboxylic acids is 1. The lowest BCUT2D eigenvalue weighted by Crippen LogP contribution is -2.40. The van der Waals surface area contributed by atoms with Crippen molar-refractivity contribution in [2.75, 3.05) is 0 Å². The Kier molecular flexibility index (Phi) is 5.98. The Morgan fingerprint density at radius 2 is 2.08 bits per heavy atom. The van der Waals surface area contributed by atoms with E-state index in [9.17, 15) is 14.7 Å². The zero-order chi connectivity index (χ0) is 17.7. The molecule has 128 valence electrons. The van der Waals surface area contributed by atoms with E-state index >= 15 is 0 Å². The van der Waals surface area contributed by atoms with Crippen LogP contribution in [0.1, 0.15) is 42.2 Å². The third kappa shape index (κ3) is 3.94. The van der Waals surface area contributed by atoms with Crippen molar-refractivity contribution in [1.29, 1.82) is 0 Å². The highest BCUT2D eigenvalue weighted by Crippen LogP contribution is 2.22. The fraction of sp³-hybridized carbons (Fsp3) is 0.353. The average molecular weight is 350 g/mol. The molecule has 1 amide bonds. The number of unbranched alkanes of at least 4 members (excludes halogenated alkanes) is 1. The molecule has 0 aliphatic carbocycles. The van der Waals surface area contributed by atoms with E-state index in [0.717, 1.165) is 12.8 Å². The van der Waals surface area contributed by atoms with Crippen molar-refractivity contribution in [3.8, 4) is 5.69 Å². The molecule has 6 nitrogen and oxygen atoms in total. The van der Waals surface area contributed by atoms with E-state index in [4.69, 9.17) is 11.6 Å². The fourth-order valence-corrected chi connectivity index (χ4v) is 2.62. The van der Waals surface area contributed by atoms with E-state index in [1.165, 1.54) is 6.20 Å². The van der Waals surface area contributed by atoms with Gasteiger partial charge in [-0.1, -0.05) is 43.5 Å². The van der Waals surface area contributed by atoms with Gasteiger partial charge < -0.3 is 10.4 Å². The Bertz CT molecular complexity index is 742. The number of para-hydroxylation sites is 1. The van der Waals surface area contributed by atoms with Crippen LogP contribution in [0.5, 0.6) is 0 Å². The predicted octanol–water partition coefficient (Wildman–Crippen LogP) is 3.21. The Balaban J connectivity index is 2.22. The van der Waals surface area contributed by atoms with Crippen molar-refractivity contribution in [3.05, 3.63) is 46.7 Å². The van der Waals surface area contributed by atoms with Crippen LogP contribution in [0.2, 0.25) is 5.02 Å². The van der Waals surface area contributed by atoms with Gasteiger partial charge in [0.05, 0.1) is 28.2 Å². The van der Waals surface area contributed by atoms with Gasteiger partial charge in [0.2, 0.25) is 0 Å². The summed E-state index contributed by atoms with van der Waals surface area (Å²) in [7, 11) is 0. The van der Waals surface area contributed by atoms with E-state index in [-0.39, 0.29) is 0 Å². The number of carboxylic acids is 1. The van der Waals surface area contributed by atoms with Crippen LogP contribution in [0.3, 0.4) is 0 Å². The minimum absolute atomic E-state index is 0.331. The summed E-state index contributed by atoms with van der Waals surface area (Å²) in [5.74, 6) is -1.48. The average Bonchev–Trinajstić information content (AvgIpc) is 2.93. The summed E-state index contributed by atoms with van der Waals surface area (Å²) in [6.07, 6.45) is 3.42. The van der Waals surface area contributed by atoms with Crippen molar-refractivity contribution in [2.45, 2.75) is 39.2 Å². The van der Waals surface area contributed by atoms with Crippen LogP contribution < -0.4 is 5.32 Å². The number of carboxylic acid groups (broad SMARTS) is 1. The Morgan fingerprint density at radius 1 is 1.38 bits per heavy atom. The lowest BCUT2D eigenvalue weighted by molar-refractivity contribution is -0.139. The van der Waals surface area contributed by atoms with Gasteiger partial charge in [-0.3, -0.25) is 4.79 Å². The summed E-state index contributed by atoms with van der Waals surface area (Å²) in [6, 6.07) is 6.27. The molecule has 2 aromatic rings. The first kappa shape index (κ1) is 18.0. The van der Waals surface area contributed by atoms with E-state index < -0.39 is 17.9 Å². The number of rotatable bonds is 7. The van der Waals surface area contributed by atoms with Gasteiger partial charge in [0.1, 0.15) is 6.04 Å². The molecule has 2 N–H and O–H groups in total. The highest BCUT2D eigenvalue weighted by molar-refractivity contribution is 6.32. The molecule has 7 heteroatoms. The number of nitrogens with zero attached hydrogens (tertiary/aromatic N) is 2. The molecule has 0 fully saturated rings. The van der Waals surface area contributed by atoms with Crippen molar-refractivity contribution >= 4 is 23.5 Å². The molecule has 24 heavy (non-hydrogen) atoms. The molecule has 1 aromatic carbocycles. The van der Waals surface area contributed by atoms with Crippen LogP contribution in [-0.2, 0) is 4.79 Å². The van der Waals surface area contributed by atoms with Gasteiger partial charge in [-0.15, -0.1) is 0 Å². The number of halogens is 1. The zero-order valence-electron chi connectivity index (χ0n) is 13.6. The predicted molar refractivity (Wildman–Crippen MR) is 91.7 cm³/mol. The number of hydrogen-bond acceptors (Lipinski definition) is 3. The summed E-state index contributed by atoms with van der Waals surface area (Å²) in [5, 5.41) is 16.5. The summed E-state index contributed by atoms with van der Waals surface area (Å²) in [6.45, 7) is 3.71. The second kappa shape index (κ2) is 7.97. The molecular formula is C17H20ClN3O3. The SMILES string of the molecule is CCCCC(NC(=O)c1cnn(-c2ccccc2Cl)c1C)C(=O)O. The van der Waals surface area contributed by atoms with Gasteiger partial charge in [-0.25, -0.2) is 9.48 Å². The molecule has 0 aliphatic rings. The van der Waals surface area contributed by atoms with Crippen LogP contribution in [0.4, 0.5) is 0 Å². The minimum atomic E-state index is -1.03. The maximum Gasteiger partial charge on any atom is 0.326 e. The van der Waals surface area contributed by atoms with Gasteiger partial charge in [0.25, 0.3) is 5.91 Å². The highest BCUT2D eigenvalue weighted by Gasteiger charge is 2.23. The summed E-state index contributed by atoms with van der Waals surface area (Å²) >= 11 is 6.16. The lowest BCUT2D eigenvalue weighted by Gasteiger charge is -2.14.